The Morgan fingerprint density at radius 3 is 2.58 bits per heavy atom. The summed E-state index contributed by atoms with van der Waals surface area (Å²) >= 11 is 0. The SMILES string of the molecule is Cc1ccc(/C=N\NC(=O)c2cnn(-c3ccccc3)c2C(F)(F)F)o1. The summed E-state index contributed by atoms with van der Waals surface area (Å²) in [5.74, 6) is -0.0286. The Labute approximate surface area is 145 Å². The maximum atomic E-state index is 13.5. The highest BCUT2D eigenvalue weighted by molar-refractivity contribution is 5.96. The zero-order chi connectivity index (χ0) is 18.7. The molecule has 1 N–H and O–H groups in total. The first-order chi connectivity index (χ1) is 12.4. The minimum Gasteiger partial charge on any atom is -0.460 e. The van der Waals surface area contributed by atoms with Crippen LogP contribution >= 0.6 is 0 Å². The lowest BCUT2D eigenvalue weighted by Crippen LogP contribution is -2.23. The summed E-state index contributed by atoms with van der Waals surface area (Å²) in [6.07, 6.45) is -2.72. The Hall–Kier alpha value is -3.36. The third-order valence-electron chi connectivity index (χ3n) is 3.40. The van der Waals surface area contributed by atoms with Gasteiger partial charge in [-0.1, -0.05) is 18.2 Å². The van der Waals surface area contributed by atoms with Crippen molar-refractivity contribution < 1.29 is 22.4 Å². The molecule has 2 aromatic heterocycles. The van der Waals surface area contributed by atoms with Crippen LogP contribution in [0.1, 0.15) is 27.6 Å². The molecule has 0 saturated heterocycles. The standard InChI is InChI=1S/C17H13F3N4O2/c1-11-7-8-13(26-11)9-21-23-16(25)14-10-22-24(15(14)17(18,19)20)12-5-3-2-4-6-12/h2-10H,1H3,(H,23,25)/b21-9-. The molecule has 134 valence electrons. The van der Waals surface area contributed by atoms with Gasteiger partial charge in [0.2, 0.25) is 0 Å². The molecular formula is C17H13F3N4O2. The van der Waals surface area contributed by atoms with E-state index in [1.807, 2.05) is 0 Å². The predicted octanol–water partition coefficient (Wildman–Crippen LogP) is 3.56. The minimum atomic E-state index is -4.78. The molecule has 6 nitrogen and oxygen atoms in total. The van der Waals surface area contributed by atoms with Gasteiger partial charge in [0.05, 0.1) is 23.7 Å². The Kier molecular flexibility index (Phi) is 4.61. The summed E-state index contributed by atoms with van der Waals surface area (Å²) in [6.45, 7) is 1.73. The van der Waals surface area contributed by atoms with Crippen LogP contribution in [0.2, 0.25) is 0 Å². The Morgan fingerprint density at radius 2 is 1.96 bits per heavy atom. The number of alkyl halides is 3. The maximum Gasteiger partial charge on any atom is 0.434 e. The van der Waals surface area contributed by atoms with Crippen molar-refractivity contribution in [2.45, 2.75) is 13.1 Å². The van der Waals surface area contributed by atoms with E-state index in [2.05, 4.69) is 15.6 Å². The number of hydrogen-bond acceptors (Lipinski definition) is 4. The van der Waals surface area contributed by atoms with Crippen molar-refractivity contribution in [1.29, 1.82) is 0 Å². The van der Waals surface area contributed by atoms with Crippen LogP contribution < -0.4 is 5.43 Å². The molecule has 3 rings (SSSR count). The number of hydrogen-bond donors (Lipinski definition) is 1. The first kappa shape index (κ1) is 17.5. The number of benzene rings is 1. The number of carbonyl (C=O) groups is 1. The summed E-state index contributed by atoms with van der Waals surface area (Å²) < 4.78 is 46.3. The molecule has 0 saturated carbocycles. The van der Waals surface area contributed by atoms with Crippen molar-refractivity contribution in [2.75, 3.05) is 0 Å². The first-order valence-corrected chi connectivity index (χ1v) is 7.47. The number of carbonyl (C=O) groups excluding carboxylic acids is 1. The second-order valence-electron chi connectivity index (χ2n) is 5.30. The molecule has 3 aromatic rings. The molecule has 0 spiro atoms. The molecule has 0 unspecified atom stereocenters. The van der Waals surface area contributed by atoms with E-state index in [4.69, 9.17) is 4.42 Å². The number of amides is 1. The molecular weight excluding hydrogens is 349 g/mol. The number of nitrogens with zero attached hydrogens (tertiary/aromatic N) is 3. The average molecular weight is 362 g/mol. The van der Waals surface area contributed by atoms with E-state index in [9.17, 15) is 18.0 Å². The quantitative estimate of drug-likeness (QED) is 0.570. The van der Waals surface area contributed by atoms with Crippen molar-refractivity contribution in [1.82, 2.24) is 15.2 Å². The van der Waals surface area contributed by atoms with Crippen LogP contribution in [0.5, 0.6) is 0 Å². The molecule has 0 bridgehead atoms. The lowest BCUT2D eigenvalue weighted by atomic mass is 10.2. The van der Waals surface area contributed by atoms with Crippen molar-refractivity contribution in [2.24, 2.45) is 5.10 Å². The number of aromatic nitrogens is 2. The summed E-state index contributed by atoms with van der Waals surface area (Å²) in [7, 11) is 0. The second-order valence-corrected chi connectivity index (χ2v) is 5.30. The number of rotatable bonds is 4. The largest absolute Gasteiger partial charge is 0.460 e. The van der Waals surface area contributed by atoms with Crippen molar-refractivity contribution >= 4 is 12.1 Å². The fourth-order valence-corrected chi connectivity index (χ4v) is 2.29. The van der Waals surface area contributed by atoms with Gasteiger partial charge in [-0.25, -0.2) is 10.1 Å². The number of halogens is 3. The van der Waals surface area contributed by atoms with Gasteiger partial charge in [-0.2, -0.15) is 23.4 Å². The molecule has 1 amide bonds. The van der Waals surface area contributed by atoms with Gasteiger partial charge in [0.15, 0.2) is 5.69 Å². The zero-order valence-electron chi connectivity index (χ0n) is 13.5. The van der Waals surface area contributed by atoms with E-state index in [1.165, 1.54) is 18.3 Å². The maximum absolute atomic E-state index is 13.5. The van der Waals surface area contributed by atoms with E-state index in [0.717, 1.165) is 6.20 Å². The minimum absolute atomic E-state index is 0.188. The summed E-state index contributed by atoms with van der Waals surface area (Å²) in [4.78, 5) is 12.1. The number of aryl methyl sites for hydroxylation is 1. The molecule has 0 aliphatic rings. The van der Waals surface area contributed by atoms with Crippen LogP contribution in [0.25, 0.3) is 5.69 Å². The zero-order valence-corrected chi connectivity index (χ0v) is 13.5. The number of hydrazone groups is 1. The molecule has 9 heteroatoms. The summed E-state index contributed by atoms with van der Waals surface area (Å²) in [5, 5.41) is 7.32. The molecule has 2 heterocycles. The van der Waals surface area contributed by atoms with Gasteiger partial charge in [-0.15, -0.1) is 0 Å². The van der Waals surface area contributed by atoms with Crippen LogP contribution in [0.4, 0.5) is 13.2 Å². The highest BCUT2D eigenvalue weighted by atomic mass is 19.4. The third kappa shape index (κ3) is 3.66. The lowest BCUT2D eigenvalue weighted by molar-refractivity contribution is -0.143. The van der Waals surface area contributed by atoms with Gasteiger partial charge in [0.1, 0.15) is 11.5 Å². The van der Waals surface area contributed by atoms with Gasteiger partial charge in [0, 0.05) is 0 Å². The van der Waals surface area contributed by atoms with Crippen molar-refractivity contribution in [3.63, 3.8) is 0 Å². The number of para-hydroxylation sites is 1. The van der Waals surface area contributed by atoms with Crippen LogP contribution in [0, 0.1) is 6.92 Å². The van der Waals surface area contributed by atoms with Crippen LogP contribution in [-0.2, 0) is 6.18 Å². The van der Waals surface area contributed by atoms with Gasteiger partial charge in [0.25, 0.3) is 5.91 Å². The summed E-state index contributed by atoms with van der Waals surface area (Å²) in [6, 6.07) is 11.0. The Morgan fingerprint density at radius 1 is 1.23 bits per heavy atom. The monoisotopic (exact) mass is 362 g/mol. The first-order valence-electron chi connectivity index (χ1n) is 7.47. The Balaban J connectivity index is 1.88. The highest BCUT2D eigenvalue weighted by Crippen LogP contribution is 2.33. The smallest absolute Gasteiger partial charge is 0.434 e. The van der Waals surface area contributed by atoms with Crippen molar-refractivity contribution in [3.05, 3.63) is 71.4 Å². The van der Waals surface area contributed by atoms with Crippen molar-refractivity contribution in [3.8, 4) is 5.69 Å². The second kappa shape index (κ2) is 6.87. The summed E-state index contributed by atoms with van der Waals surface area (Å²) in [5.41, 5.74) is 0.433. The van der Waals surface area contributed by atoms with E-state index < -0.39 is 23.3 Å². The fraction of sp³-hybridized carbons (Fsp3) is 0.118. The fourth-order valence-electron chi connectivity index (χ4n) is 2.29. The molecule has 0 aliphatic heterocycles. The normalized spacial score (nSPS) is 11.8. The highest BCUT2D eigenvalue weighted by Gasteiger charge is 2.40. The number of nitrogens with one attached hydrogen (secondary N) is 1. The van der Waals surface area contributed by atoms with E-state index >= 15 is 0 Å². The van der Waals surface area contributed by atoms with E-state index in [-0.39, 0.29) is 5.69 Å². The van der Waals surface area contributed by atoms with E-state index in [0.29, 0.717) is 16.2 Å². The lowest BCUT2D eigenvalue weighted by Gasteiger charge is -2.12. The molecule has 26 heavy (non-hydrogen) atoms. The van der Waals surface area contributed by atoms with Crippen LogP contribution in [-0.4, -0.2) is 21.9 Å². The third-order valence-corrected chi connectivity index (χ3v) is 3.40. The molecule has 1 aromatic carbocycles. The van der Waals surface area contributed by atoms with Gasteiger partial charge < -0.3 is 4.42 Å². The Bertz CT molecular complexity index is 943. The average Bonchev–Trinajstić information content (AvgIpc) is 3.21. The molecule has 0 atom stereocenters. The van der Waals surface area contributed by atoms with Gasteiger partial charge in [-0.05, 0) is 31.2 Å². The molecule has 0 aliphatic carbocycles. The van der Waals surface area contributed by atoms with Crippen LogP contribution in [0.15, 0.2) is 58.2 Å². The topological polar surface area (TPSA) is 72.4 Å². The molecule has 0 fully saturated rings. The van der Waals surface area contributed by atoms with E-state index in [1.54, 1.807) is 37.3 Å². The van der Waals surface area contributed by atoms with Crippen LogP contribution in [0.3, 0.4) is 0 Å². The van der Waals surface area contributed by atoms with Gasteiger partial charge >= 0.3 is 6.18 Å². The van der Waals surface area contributed by atoms with Gasteiger partial charge in [-0.3, -0.25) is 4.79 Å². The number of furan rings is 1. The predicted molar refractivity (Wildman–Crippen MR) is 87.1 cm³/mol. The molecule has 0 radical (unpaired) electrons.